The van der Waals surface area contributed by atoms with Crippen molar-refractivity contribution in [2.24, 2.45) is 0 Å². The topological polar surface area (TPSA) is 63.4 Å². The number of hydrogen-bond acceptors (Lipinski definition) is 5. The van der Waals surface area contributed by atoms with E-state index >= 15 is 0 Å². The maximum absolute atomic E-state index is 12.6. The highest BCUT2D eigenvalue weighted by molar-refractivity contribution is 7.16. The molecule has 1 saturated heterocycles. The molecule has 0 radical (unpaired) electrons. The first-order valence-electron chi connectivity index (χ1n) is 7.53. The van der Waals surface area contributed by atoms with Crippen LogP contribution >= 0.6 is 34.5 Å². The number of aromatic nitrogens is 4. The van der Waals surface area contributed by atoms with E-state index in [9.17, 15) is 4.79 Å². The average Bonchev–Trinajstić information content (AvgIpc) is 3.16. The molecule has 1 fully saturated rings. The molecule has 0 unspecified atom stereocenters. The molecule has 3 aromatic rings. The molecule has 0 N–H and O–H groups in total. The molecule has 0 saturated carbocycles. The van der Waals surface area contributed by atoms with E-state index in [1.807, 2.05) is 4.90 Å². The summed E-state index contributed by atoms with van der Waals surface area (Å²) in [4.78, 5) is 15.3. The quantitative estimate of drug-likeness (QED) is 0.681. The van der Waals surface area contributed by atoms with Gasteiger partial charge in [0.25, 0.3) is 5.91 Å². The summed E-state index contributed by atoms with van der Waals surface area (Å²) < 4.78 is 1.70. The Kier molecular flexibility index (Phi) is 4.15. The van der Waals surface area contributed by atoms with Crippen molar-refractivity contribution in [1.82, 2.24) is 24.7 Å². The number of amides is 1. The third kappa shape index (κ3) is 2.87. The fourth-order valence-electron chi connectivity index (χ4n) is 2.90. The van der Waals surface area contributed by atoms with E-state index in [0.717, 1.165) is 22.8 Å². The van der Waals surface area contributed by atoms with Crippen molar-refractivity contribution in [3.8, 4) is 0 Å². The molecular weight excluding hydrogens is 369 g/mol. The Balaban J connectivity index is 1.45. The number of carbonyl (C=O) groups is 1. The molecule has 3 heterocycles. The number of benzene rings is 1. The number of likely N-dealkylation sites (tertiary alicyclic amines) is 1. The van der Waals surface area contributed by atoms with E-state index in [1.165, 1.54) is 0 Å². The van der Waals surface area contributed by atoms with Gasteiger partial charge < -0.3 is 4.90 Å². The predicted octanol–water partition coefficient (Wildman–Crippen LogP) is 3.51. The first-order valence-corrected chi connectivity index (χ1v) is 9.10. The van der Waals surface area contributed by atoms with E-state index in [1.54, 1.807) is 40.4 Å². The lowest BCUT2D eigenvalue weighted by Crippen LogP contribution is -2.38. The van der Waals surface area contributed by atoms with Crippen LogP contribution in [-0.2, 0) is 0 Å². The van der Waals surface area contributed by atoms with Crippen LogP contribution in [0.25, 0.3) is 4.96 Å². The van der Waals surface area contributed by atoms with Crippen molar-refractivity contribution in [1.29, 1.82) is 0 Å². The molecule has 2 aromatic heterocycles. The average molecular weight is 382 g/mol. The van der Waals surface area contributed by atoms with Gasteiger partial charge in [0.2, 0.25) is 4.96 Å². The normalized spacial score (nSPS) is 16.0. The molecule has 1 aliphatic heterocycles. The first kappa shape index (κ1) is 15.8. The summed E-state index contributed by atoms with van der Waals surface area (Å²) in [5.74, 6) is 0.301. The molecule has 9 heteroatoms. The Morgan fingerprint density at radius 3 is 2.75 bits per heavy atom. The smallest absolute Gasteiger partial charge is 0.255 e. The van der Waals surface area contributed by atoms with Crippen molar-refractivity contribution in [2.45, 2.75) is 18.8 Å². The lowest BCUT2D eigenvalue weighted by molar-refractivity contribution is 0.0713. The van der Waals surface area contributed by atoms with E-state index in [-0.39, 0.29) is 5.91 Å². The lowest BCUT2D eigenvalue weighted by Gasteiger charge is -2.31. The summed E-state index contributed by atoms with van der Waals surface area (Å²) >= 11 is 13.6. The predicted molar refractivity (Wildman–Crippen MR) is 93.0 cm³/mol. The van der Waals surface area contributed by atoms with Crippen molar-refractivity contribution >= 4 is 45.4 Å². The minimum Gasteiger partial charge on any atom is -0.339 e. The number of fused-ring (bicyclic) bond motifs is 1. The number of rotatable bonds is 2. The summed E-state index contributed by atoms with van der Waals surface area (Å²) in [6.07, 6.45) is 3.36. The van der Waals surface area contributed by atoms with E-state index in [0.29, 0.717) is 34.6 Å². The molecule has 0 aliphatic carbocycles. The van der Waals surface area contributed by atoms with Crippen LogP contribution in [0.1, 0.15) is 34.1 Å². The summed E-state index contributed by atoms with van der Waals surface area (Å²) in [5.41, 5.74) is 0.498. The highest BCUT2D eigenvalue weighted by Crippen LogP contribution is 2.32. The fourth-order valence-corrected chi connectivity index (χ4v) is 4.38. The van der Waals surface area contributed by atoms with Gasteiger partial charge in [-0.05, 0) is 31.0 Å². The van der Waals surface area contributed by atoms with Gasteiger partial charge in [0, 0.05) is 24.0 Å². The number of piperidine rings is 1. The van der Waals surface area contributed by atoms with Gasteiger partial charge >= 0.3 is 0 Å². The molecule has 0 spiro atoms. The second-order valence-corrected chi connectivity index (χ2v) is 7.52. The molecule has 4 rings (SSSR count). The molecular formula is C15H13Cl2N5OS. The molecule has 0 bridgehead atoms. The summed E-state index contributed by atoms with van der Waals surface area (Å²) in [5, 5.41) is 14.3. The van der Waals surface area contributed by atoms with Gasteiger partial charge in [0.15, 0.2) is 0 Å². The highest BCUT2D eigenvalue weighted by Gasteiger charge is 2.27. The van der Waals surface area contributed by atoms with Crippen LogP contribution in [0.3, 0.4) is 0 Å². The van der Waals surface area contributed by atoms with Crippen molar-refractivity contribution in [3.63, 3.8) is 0 Å². The molecule has 1 aliphatic rings. The number of carbonyl (C=O) groups excluding carboxylic acids is 1. The van der Waals surface area contributed by atoms with E-state index in [2.05, 4.69) is 15.3 Å². The van der Waals surface area contributed by atoms with Gasteiger partial charge in [-0.1, -0.05) is 34.5 Å². The standard InChI is InChI=1S/C15H13Cl2N5OS/c16-10-1-2-11(12(17)7-10)14(23)21-5-3-9(4-6-21)13-20-22-8-18-19-15(22)24-13/h1-2,7-9H,3-6H2. The second-order valence-electron chi connectivity index (χ2n) is 5.69. The van der Waals surface area contributed by atoms with Crippen LogP contribution in [0, 0.1) is 0 Å². The highest BCUT2D eigenvalue weighted by atomic mass is 35.5. The van der Waals surface area contributed by atoms with Gasteiger partial charge in [-0.25, -0.2) is 0 Å². The van der Waals surface area contributed by atoms with Crippen LogP contribution in [0.5, 0.6) is 0 Å². The molecule has 0 atom stereocenters. The molecule has 1 aromatic carbocycles. The van der Waals surface area contributed by atoms with Crippen LogP contribution in [-0.4, -0.2) is 43.7 Å². The van der Waals surface area contributed by atoms with Crippen molar-refractivity contribution < 1.29 is 4.79 Å². The van der Waals surface area contributed by atoms with Gasteiger partial charge in [-0.3, -0.25) is 4.79 Å². The fraction of sp³-hybridized carbons (Fsp3) is 0.333. The Bertz CT molecular complexity index is 872. The third-order valence-corrected chi connectivity index (χ3v) is 5.82. The Hall–Kier alpha value is -1.70. The largest absolute Gasteiger partial charge is 0.339 e. The molecule has 24 heavy (non-hydrogen) atoms. The zero-order valence-corrected chi connectivity index (χ0v) is 14.9. The summed E-state index contributed by atoms with van der Waals surface area (Å²) in [6.45, 7) is 1.37. The van der Waals surface area contributed by atoms with Gasteiger partial charge in [0.05, 0.1) is 10.6 Å². The number of halogens is 2. The molecule has 1 amide bonds. The Morgan fingerprint density at radius 1 is 1.25 bits per heavy atom. The molecule has 124 valence electrons. The number of hydrogen-bond donors (Lipinski definition) is 0. The van der Waals surface area contributed by atoms with Gasteiger partial charge in [-0.15, -0.1) is 10.2 Å². The third-order valence-electron chi connectivity index (χ3n) is 4.20. The Labute approximate surface area is 152 Å². The van der Waals surface area contributed by atoms with Gasteiger partial charge in [-0.2, -0.15) is 9.61 Å². The van der Waals surface area contributed by atoms with Gasteiger partial charge in [0.1, 0.15) is 11.3 Å². The molecule has 6 nitrogen and oxygen atoms in total. The second kappa shape index (κ2) is 6.31. The van der Waals surface area contributed by atoms with Crippen LogP contribution < -0.4 is 0 Å². The van der Waals surface area contributed by atoms with E-state index in [4.69, 9.17) is 23.2 Å². The lowest BCUT2D eigenvalue weighted by atomic mass is 9.97. The monoisotopic (exact) mass is 381 g/mol. The first-order chi connectivity index (χ1) is 11.6. The SMILES string of the molecule is O=C(c1ccc(Cl)cc1Cl)N1CCC(c2nn3cnnc3s2)CC1. The maximum atomic E-state index is 12.6. The van der Waals surface area contributed by atoms with Crippen LogP contribution in [0.2, 0.25) is 10.0 Å². The zero-order chi connectivity index (χ0) is 16.7. The minimum absolute atomic E-state index is 0.0479. The zero-order valence-electron chi connectivity index (χ0n) is 12.5. The number of nitrogens with zero attached hydrogens (tertiary/aromatic N) is 5. The summed E-state index contributed by atoms with van der Waals surface area (Å²) in [6, 6.07) is 4.97. The minimum atomic E-state index is -0.0479. The van der Waals surface area contributed by atoms with E-state index < -0.39 is 0 Å². The Morgan fingerprint density at radius 2 is 2.04 bits per heavy atom. The summed E-state index contributed by atoms with van der Waals surface area (Å²) in [7, 11) is 0. The maximum Gasteiger partial charge on any atom is 0.255 e. The van der Waals surface area contributed by atoms with Crippen molar-refractivity contribution in [2.75, 3.05) is 13.1 Å². The van der Waals surface area contributed by atoms with Crippen LogP contribution in [0.4, 0.5) is 0 Å². The van der Waals surface area contributed by atoms with Crippen LogP contribution in [0.15, 0.2) is 24.5 Å². The van der Waals surface area contributed by atoms with Crippen molar-refractivity contribution in [3.05, 3.63) is 45.1 Å².